The number of aromatic amines is 1. The minimum atomic E-state index is -0.952. The Morgan fingerprint density at radius 2 is 1.74 bits per heavy atom. The zero-order chi connectivity index (χ0) is 19.6. The molecule has 0 aliphatic heterocycles. The van der Waals surface area contributed by atoms with Gasteiger partial charge in [-0.15, -0.1) is 0 Å². The smallest absolute Gasteiger partial charge is 0.342 e. The number of hydrogen-bond acceptors (Lipinski definition) is 5. The van der Waals surface area contributed by atoms with Crippen LogP contribution in [-0.4, -0.2) is 37.1 Å². The third-order valence-electron chi connectivity index (χ3n) is 4.42. The van der Waals surface area contributed by atoms with E-state index in [2.05, 4.69) is 4.98 Å². The van der Waals surface area contributed by atoms with Gasteiger partial charge in [-0.3, -0.25) is 4.79 Å². The van der Waals surface area contributed by atoms with Crippen molar-refractivity contribution in [2.24, 2.45) is 0 Å². The molecule has 2 aromatic carbocycles. The molecule has 1 aromatic heterocycles. The van der Waals surface area contributed by atoms with E-state index in [0.717, 1.165) is 16.6 Å². The van der Waals surface area contributed by atoms with E-state index in [1.54, 1.807) is 25.1 Å². The molecule has 0 aliphatic rings. The van der Waals surface area contributed by atoms with Crippen LogP contribution in [0.15, 0.2) is 42.5 Å². The molecule has 0 saturated carbocycles. The molecule has 0 saturated heterocycles. The van der Waals surface area contributed by atoms with Gasteiger partial charge < -0.3 is 19.2 Å². The molecule has 27 heavy (non-hydrogen) atoms. The second-order valence-corrected chi connectivity index (χ2v) is 6.12. The van der Waals surface area contributed by atoms with E-state index in [1.807, 2.05) is 31.2 Å². The zero-order valence-electron chi connectivity index (χ0n) is 15.7. The van der Waals surface area contributed by atoms with Gasteiger partial charge in [0.2, 0.25) is 5.78 Å². The quantitative estimate of drug-likeness (QED) is 0.528. The van der Waals surface area contributed by atoms with E-state index < -0.39 is 12.1 Å². The van der Waals surface area contributed by atoms with E-state index in [0.29, 0.717) is 11.3 Å². The highest BCUT2D eigenvalue weighted by Gasteiger charge is 2.26. The van der Waals surface area contributed by atoms with Crippen molar-refractivity contribution in [3.63, 3.8) is 0 Å². The number of Topliss-reactive ketones (excluding diaryl/α,β-unsaturated/α-hetero) is 1. The van der Waals surface area contributed by atoms with Crippen molar-refractivity contribution in [3.8, 4) is 11.5 Å². The van der Waals surface area contributed by atoms with Crippen molar-refractivity contribution in [3.05, 3.63) is 59.3 Å². The third-order valence-corrected chi connectivity index (χ3v) is 4.42. The molecule has 0 amide bonds. The van der Waals surface area contributed by atoms with E-state index >= 15 is 0 Å². The number of carbonyl (C=O) groups is 2. The average molecular weight is 367 g/mol. The summed E-state index contributed by atoms with van der Waals surface area (Å²) in [5, 5.41) is 0.807. The number of ether oxygens (including phenoxy) is 3. The summed E-state index contributed by atoms with van der Waals surface area (Å²) in [6.07, 6.45) is -0.952. The normalized spacial score (nSPS) is 11.9. The first-order chi connectivity index (χ1) is 13.0. The average Bonchev–Trinajstić information content (AvgIpc) is 3.01. The summed E-state index contributed by atoms with van der Waals surface area (Å²) in [6, 6.07) is 12.4. The molecule has 6 heteroatoms. The van der Waals surface area contributed by atoms with Crippen molar-refractivity contribution in [1.82, 2.24) is 4.98 Å². The molecule has 0 fully saturated rings. The Bertz CT molecular complexity index is 1000. The number of esters is 1. The van der Waals surface area contributed by atoms with Crippen LogP contribution in [0.4, 0.5) is 0 Å². The van der Waals surface area contributed by atoms with Crippen LogP contribution in [0, 0.1) is 6.92 Å². The number of aromatic nitrogens is 1. The molecule has 3 aromatic rings. The Morgan fingerprint density at radius 1 is 1.00 bits per heavy atom. The van der Waals surface area contributed by atoms with E-state index in [4.69, 9.17) is 14.2 Å². The maximum Gasteiger partial charge on any atom is 0.342 e. The molecule has 0 spiro atoms. The van der Waals surface area contributed by atoms with Crippen molar-refractivity contribution in [1.29, 1.82) is 0 Å². The molecule has 0 aliphatic carbocycles. The first-order valence-corrected chi connectivity index (χ1v) is 8.51. The molecule has 6 nitrogen and oxygen atoms in total. The number of rotatable bonds is 6. The lowest BCUT2D eigenvalue weighted by atomic mass is 10.0. The SMILES string of the molecule is COc1cccc(C(=O)O[C@H](C)C(=O)c2c(C)[nH]c3ccccc23)c1OC. The number of aryl methyl sites for hydroxylation is 1. The number of ketones is 1. The highest BCUT2D eigenvalue weighted by molar-refractivity contribution is 6.11. The van der Waals surface area contributed by atoms with Gasteiger partial charge in [-0.05, 0) is 32.0 Å². The molecular weight excluding hydrogens is 346 g/mol. The lowest BCUT2D eigenvalue weighted by Gasteiger charge is -2.15. The number of para-hydroxylation sites is 2. The van der Waals surface area contributed by atoms with Crippen molar-refractivity contribution < 1.29 is 23.8 Å². The fourth-order valence-corrected chi connectivity index (χ4v) is 3.12. The van der Waals surface area contributed by atoms with Crippen LogP contribution < -0.4 is 9.47 Å². The Balaban J connectivity index is 1.87. The van der Waals surface area contributed by atoms with Gasteiger partial charge >= 0.3 is 5.97 Å². The van der Waals surface area contributed by atoms with Crippen LogP contribution in [-0.2, 0) is 4.74 Å². The number of fused-ring (bicyclic) bond motifs is 1. The minimum absolute atomic E-state index is 0.201. The summed E-state index contributed by atoms with van der Waals surface area (Å²) in [4.78, 5) is 28.7. The van der Waals surface area contributed by atoms with Crippen molar-refractivity contribution >= 4 is 22.7 Å². The van der Waals surface area contributed by atoms with Crippen LogP contribution in [0.1, 0.15) is 33.3 Å². The van der Waals surface area contributed by atoms with Gasteiger partial charge in [0.05, 0.1) is 14.2 Å². The number of hydrogen-bond donors (Lipinski definition) is 1. The molecule has 0 unspecified atom stereocenters. The monoisotopic (exact) mass is 367 g/mol. The Morgan fingerprint density at radius 3 is 2.44 bits per heavy atom. The fraction of sp³-hybridized carbons (Fsp3) is 0.238. The van der Waals surface area contributed by atoms with Gasteiger partial charge in [-0.1, -0.05) is 24.3 Å². The summed E-state index contributed by atoms with van der Waals surface area (Å²) in [7, 11) is 2.93. The number of benzene rings is 2. The molecule has 0 radical (unpaired) electrons. The zero-order valence-corrected chi connectivity index (χ0v) is 15.7. The van der Waals surface area contributed by atoms with E-state index in [-0.39, 0.29) is 17.1 Å². The van der Waals surface area contributed by atoms with Crippen molar-refractivity contribution in [2.45, 2.75) is 20.0 Å². The second kappa shape index (κ2) is 7.53. The molecule has 140 valence electrons. The van der Waals surface area contributed by atoms with Crippen molar-refractivity contribution in [2.75, 3.05) is 14.2 Å². The largest absolute Gasteiger partial charge is 0.493 e. The van der Waals surface area contributed by atoms with E-state index in [1.165, 1.54) is 14.2 Å². The summed E-state index contributed by atoms with van der Waals surface area (Å²) in [5.41, 5.74) is 2.34. The van der Waals surface area contributed by atoms with Crippen LogP contribution in [0.2, 0.25) is 0 Å². The number of carbonyl (C=O) groups excluding carboxylic acids is 2. The standard InChI is InChI=1S/C21H21NO5/c1-12-18(14-8-5-6-10-16(14)22-12)19(23)13(2)27-21(24)15-9-7-11-17(25-3)20(15)26-4/h5-11,13,22H,1-4H3/t13-/m1/s1. The Labute approximate surface area is 157 Å². The lowest BCUT2D eigenvalue weighted by Crippen LogP contribution is -2.25. The molecule has 3 rings (SSSR count). The maximum absolute atomic E-state index is 12.9. The minimum Gasteiger partial charge on any atom is -0.493 e. The maximum atomic E-state index is 12.9. The Hall–Kier alpha value is -3.28. The molecular formula is C21H21NO5. The lowest BCUT2D eigenvalue weighted by molar-refractivity contribution is 0.0315. The summed E-state index contributed by atoms with van der Waals surface area (Å²) < 4.78 is 15.9. The van der Waals surface area contributed by atoms with Crippen LogP contribution in [0.3, 0.4) is 0 Å². The third kappa shape index (κ3) is 3.38. The van der Waals surface area contributed by atoms with Gasteiger partial charge in [-0.25, -0.2) is 4.79 Å². The Kier molecular flexibility index (Phi) is 5.16. The number of nitrogens with one attached hydrogen (secondary N) is 1. The van der Waals surface area contributed by atoms with Crippen LogP contribution >= 0.6 is 0 Å². The van der Waals surface area contributed by atoms with Gasteiger partial charge in [0.15, 0.2) is 17.6 Å². The first-order valence-electron chi connectivity index (χ1n) is 8.51. The fourth-order valence-electron chi connectivity index (χ4n) is 3.12. The molecule has 1 atom stereocenters. The first kappa shape index (κ1) is 18.5. The number of methoxy groups -OCH3 is 2. The van der Waals surface area contributed by atoms with E-state index in [9.17, 15) is 9.59 Å². The highest BCUT2D eigenvalue weighted by atomic mass is 16.6. The van der Waals surface area contributed by atoms with Gasteiger partial charge in [0.25, 0.3) is 0 Å². The topological polar surface area (TPSA) is 77.6 Å². The molecule has 1 N–H and O–H groups in total. The van der Waals surface area contributed by atoms with Gasteiger partial charge in [0.1, 0.15) is 5.56 Å². The molecule has 0 bridgehead atoms. The van der Waals surface area contributed by atoms with Gasteiger partial charge in [-0.2, -0.15) is 0 Å². The summed E-state index contributed by atoms with van der Waals surface area (Å²) in [5.74, 6) is -0.226. The number of H-pyrrole nitrogens is 1. The second-order valence-electron chi connectivity index (χ2n) is 6.12. The summed E-state index contributed by atoms with van der Waals surface area (Å²) in [6.45, 7) is 3.39. The van der Waals surface area contributed by atoms with Crippen LogP contribution in [0.5, 0.6) is 11.5 Å². The highest BCUT2D eigenvalue weighted by Crippen LogP contribution is 2.31. The van der Waals surface area contributed by atoms with Gasteiger partial charge in [0, 0.05) is 22.2 Å². The summed E-state index contributed by atoms with van der Waals surface area (Å²) >= 11 is 0. The van der Waals surface area contributed by atoms with Crippen LogP contribution in [0.25, 0.3) is 10.9 Å². The predicted octanol–water partition coefficient (Wildman–Crippen LogP) is 3.92. The molecule has 1 heterocycles. The predicted molar refractivity (Wildman–Crippen MR) is 102 cm³/mol.